The van der Waals surface area contributed by atoms with Crippen LogP contribution in [0, 0.1) is 0 Å². The first-order valence-corrected chi connectivity index (χ1v) is 8.78. The van der Waals surface area contributed by atoms with Crippen LogP contribution in [0.1, 0.15) is 63.1 Å². The molecule has 2 fully saturated rings. The summed E-state index contributed by atoms with van der Waals surface area (Å²) in [6.07, 6.45) is 9.06. The fourth-order valence-corrected chi connectivity index (χ4v) is 4.18. The van der Waals surface area contributed by atoms with Gasteiger partial charge in [-0.2, -0.15) is 0 Å². The Balaban J connectivity index is 1.70. The molecule has 1 saturated carbocycles. The minimum absolute atomic E-state index is 0.0970. The van der Waals surface area contributed by atoms with E-state index in [9.17, 15) is 4.79 Å². The topological polar surface area (TPSA) is 85.8 Å². The van der Waals surface area contributed by atoms with E-state index in [2.05, 4.69) is 15.5 Å². The molecule has 1 aliphatic heterocycles. The summed E-state index contributed by atoms with van der Waals surface area (Å²) in [5.74, 6) is 7.58. The quantitative estimate of drug-likeness (QED) is 0.832. The molecule has 1 atom stereocenters. The van der Waals surface area contributed by atoms with Crippen LogP contribution in [0.2, 0.25) is 0 Å². The second kappa shape index (κ2) is 6.68. The van der Waals surface area contributed by atoms with Gasteiger partial charge in [0.15, 0.2) is 5.82 Å². The van der Waals surface area contributed by atoms with Crippen molar-refractivity contribution < 1.29 is 4.79 Å². The van der Waals surface area contributed by atoms with Crippen LogP contribution >= 0.6 is 11.8 Å². The lowest BCUT2D eigenvalue weighted by molar-refractivity contribution is -0.120. The third kappa shape index (κ3) is 3.33. The smallest absolute Gasteiger partial charge is 0.233 e. The molecule has 6 nitrogen and oxygen atoms in total. The summed E-state index contributed by atoms with van der Waals surface area (Å²) in [5, 5.41) is 12.0. The number of nitrogens with zero attached hydrogens (tertiary/aromatic N) is 3. The molecule has 3 N–H and O–H groups in total. The van der Waals surface area contributed by atoms with Gasteiger partial charge in [0.1, 0.15) is 0 Å². The largest absolute Gasteiger partial charge is 0.355 e. The molecule has 1 unspecified atom stereocenters. The molecule has 0 aromatic carbocycles. The summed E-state index contributed by atoms with van der Waals surface area (Å²) in [6.45, 7) is 0.776. The van der Waals surface area contributed by atoms with Crippen molar-refractivity contribution in [1.82, 2.24) is 20.2 Å². The first kappa shape index (κ1) is 14.7. The number of hydrogen-bond acceptors (Lipinski definition) is 5. The maximum atomic E-state index is 12.0. The van der Waals surface area contributed by atoms with Gasteiger partial charge in [-0.1, -0.05) is 37.4 Å². The number of nitrogen functional groups attached to an aromatic ring is 1. The Labute approximate surface area is 129 Å². The van der Waals surface area contributed by atoms with Gasteiger partial charge in [-0.3, -0.25) is 4.79 Å². The average molecular weight is 309 g/mol. The summed E-state index contributed by atoms with van der Waals surface area (Å²) in [6, 6.07) is 0. The Morgan fingerprint density at radius 3 is 2.67 bits per heavy atom. The van der Waals surface area contributed by atoms with Crippen molar-refractivity contribution in [2.45, 2.75) is 67.7 Å². The van der Waals surface area contributed by atoms with Gasteiger partial charge in [-0.05, 0) is 25.7 Å². The summed E-state index contributed by atoms with van der Waals surface area (Å²) in [5.41, 5.74) is 0. The van der Waals surface area contributed by atoms with E-state index in [4.69, 9.17) is 5.84 Å². The first-order chi connectivity index (χ1) is 10.3. The molecule has 2 aliphatic rings. The standard InChI is InChI=1S/C14H23N5OS/c15-19-12(10-6-2-1-3-7-10)17-18-14(19)21-11-8-4-5-9-16-13(11)20/h10-11H,1-9,15H2,(H,16,20). The molecule has 7 heteroatoms. The third-order valence-electron chi connectivity index (χ3n) is 4.39. The van der Waals surface area contributed by atoms with Crippen molar-refractivity contribution in [3.8, 4) is 0 Å². The maximum Gasteiger partial charge on any atom is 0.233 e. The van der Waals surface area contributed by atoms with E-state index in [-0.39, 0.29) is 11.2 Å². The highest BCUT2D eigenvalue weighted by Crippen LogP contribution is 2.33. The molecule has 2 heterocycles. The van der Waals surface area contributed by atoms with E-state index in [0.29, 0.717) is 11.1 Å². The van der Waals surface area contributed by atoms with Gasteiger partial charge >= 0.3 is 0 Å². The van der Waals surface area contributed by atoms with Crippen LogP contribution in [0.3, 0.4) is 0 Å². The molecule has 0 spiro atoms. The summed E-state index contributed by atoms with van der Waals surface area (Å²) in [7, 11) is 0. The van der Waals surface area contributed by atoms with Crippen LogP contribution in [0.5, 0.6) is 0 Å². The van der Waals surface area contributed by atoms with Crippen LogP contribution in [0.15, 0.2) is 5.16 Å². The molecule has 0 radical (unpaired) electrons. The molecule has 0 bridgehead atoms. The monoisotopic (exact) mass is 309 g/mol. The second-order valence-corrected chi connectivity index (χ2v) is 7.11. The molecule has 21 heavy (non-hydrogen) atoms. The second-order valence-electron chi connectivity index (χ2n) is 5.94. The predicted octanol–water partition coefficient (Wildman–Crippen LogP) is 1.80. The van der Waals surface area contributed by atoms with E-state index in [1.165, 1.54) is 31.0 Å². The summed E-state index contributed by atoms with van der Waals surface area (Å²) >= 11 is 1.45. The Hall–Kier alpha value is -1.24. The highest BCUT2D eigenvalue weighted by Gasteiger charge is 2.27. The number of hydrogen-bond donors (Lipinski definition) is 2. The zero-order chi connectivity index (χ0) is 14.7. The molecular weight excluding hydrogens is 286 g/mol. The lowest BCUT2D eigenvalue weighted by Crippen LogP contribution is -2.31. The van der Waals surface area contributed by atoms with E-state index in [1.54, 1.807) is 4.68 Å². The normalized spacial score (nSPS) is 24.6. The van der Waals surface area contributed by atoms with Crippen molar-refractivity contribution in [2.24, 2.45) is 0 Å². The lowest BCUT2D eigenvalue weighted by Gasteiger charge is -2.20. The van der Waals surface area contributed by atoms with Gasteiger partial charge in [0.05, 0.1) is 5.25 Å². The van der Waals surface area contributed by atoms with Crippen molar-refractivity contribution in [2.75, 3.05) is 12.4 Å². The molecule has 1 saturated heterocycles. The van der Waals surface area contributed by atoms with Crippen LogP contribution in [-0.2, 0) is 4.79 Å². The lowest BCUT2D eigenvalue weighted by atomic mass is 9.89. The minimum Gasteiger partial charge on any atom is -0.355 e. The Morgan fingerprint density at radius 2 is 1.86 bits per heavy atom. The Kier molecular flexibility index (Phi) is 4.67. The van der Waals surface area contributed by atoms with Crippen molar-refractivity contribution >= 4 is 17.7 Å². The highest BCUT2D eigenvalue weighted by molar-refractivity contribution is 8.00. The van der Waals surface area contributed by atoms with Gasteiger partial charge in [0, 0.05) is 12.5 Å². The number of nitrogens with one attached hydrogen (secondary N) is 1. The number of nitrogens with two attached hydrogens (primary N) is 1. The molecule has 1 aromatic rings. The van der Waals surface area contributed by atoms with Gasteiger partial charge < -0.3 is 11.2 Å². The zero-order valence-corrected chi connectivity index (χ0v) is 13.1. The molecule has 1 amide bonds. The molecule has 1 aliphatic carbocycles. The maximum absolute atomic E-state index is 12.0. The van der Waals surface area contributed by atoms with Gasteiger partial charge in [0.25, 0.3) is 0 Å². The van der Waals surface area contributed by atoms with E-state index < -0.39 is 0 Å². The number of aromatic nitrogens is 3. The first-order valence-electron chi connectivity index (χ1n) is 7.90. The van der Waals surface area contributed by atoms with Crippen LogP contribution in [0.4, 0.5) is 0 Å². The number of rotatable bonds is 3. The van der Waals surface area contributed by atoms with Gasteiger partial charge in [0.2, 0.25) is 11.1 Å². The SMILES string of the molecule is Nn1c(SC2CCCCNC2=O)nnc1C1CCCCC1. The fourth-order valence-electron chi connectivity index (χ4n) is 3.16. The van der Waals surface area contributed by atoms with E-state index in [0.717, 1.165) is 44.5 Å². The fraction of sp³-hybridized carbons (Fsp3) is 0.786. The Bertz CT molecular complexity index is 498. The van der Waals surface area contributed by atoms with Gasteiger partial charge in [-0.25, -0.2) is 4.68 Å². The van der Waals surface area contributed by atoms with Crippen LogP contribution in [0.25, 0.3) is 0 Å². The zero-order valence-electron chi connectivity index (χ0n) is 12.3. The number of thioether (sulfide) groups is 1. The molecular formula is C14H23N5OS. The minimum atomic E-state index is -0.0989. The van der Waals surface area contributed by atoms with Gasteiger partial charge in [-0.15, -0.1) is 10.2 Å². The predicted molar refractivity (Wildman–Crippen MR) is 82.5 cm³/mol. The summed E-state index contributed by atoms with van der Waals surface area (Å²) in [4.78, 5) is 12.0. The highest BCUT2D eigenvalue weighted by atomic mass is 32.2. The van der Waals surface area contributed by atoms with Crippen molar-refractivity contribution in [3.63, 3.8) is 0 Å². The molecule has 116 valence electrons. The molecule has 1 aromatic heterocycles. The summed E-state index contributed by atoms with van der Waals surface area (Å²) < 4.78 is 1.61. The Morgan fingerprint density at radius 1 is 1.10 bits per heavy atom. The van der Waals surface area contributed by atoms with Crippen molar-refractivity contribution in [3.05, 3.63) is 5.82 Å². The van der Waals surface area contributed by atoms with E-state index in [1.807, 2.05) is 0 Å². The average Bonchev–Trinajstić information content (AvgIpc) is 2.74. The number of carbonyl (C=O) groups is 1. The van der Waals surface area contributed by atoms with E-state index >= 15 is 0 Å². The van der Waals surface area contributed by atoms with Crippen LogP contribution < -0.4 is 11.2 Å². The number of amides is 1. The molecule has 3 rings (SSSR count). The number of carbonyl (C=O) groups excluding carboxylic acids is 1. The third-order valence-corrected chi connectivity index (χ3v) is 5.62. The van der Waals surface area contributed by atoms with Crippen molar-refractivity contribution in [1.29, 1.82) is 0 Å². The van der Waals surface area contributed by atoms with Crippen LogP contribution in [-0.4, -0.2) is 32.6 Å².